The summed E-state index contributed by atoms with van der Waals surface area (Å²) in [5, 5.41) is 11.7. The normalized spacial score (nSPS) is 18.4. The van der Waals surface area contributed by atoms with Crippen molar-refractivity contribution in [3.8, 4) is 0 Å². The van der Waals surface area contributed by atoms with Crippen molar-refractivity contribution in [1.82, 2.24) is 0 Å². The average molecular weight is 315 g/mol. The first-order chi connectivity index (χ1) is 10.4. The summed E-state index contributed by atoms with van der Waals surface area (Å²) in [5.41, 5.74) is 3.07. The smallest absolute Gasteiger partial charge is 0.238 e. The van der Waals surface area contributed by atoms with Crippen LogP contribution in [0.4, 0.5) is 5.69 Å². The Hall–Kier alpha value is -2.18. The van der Waals surface area contributed by atoms with Crippen molar-refractivity contribution in [3.05, 3.63) is 60.2 Å². The van der Waals surface area contributed by atoms with E-state index in [1.165, 1.54) is 0 Å². The van der Waals surface area contributed by atoms with E-state index in [0.29, 0.717) is 0 Å². The maximum atomic E-state index is 11.3. The topological polar surface area (TPSA) is 75.8 Å². The van der Waals surface area contributed by atoms with E-state index in [1.807, 2.05) is 42.3 Å². The Balaban J connectivity index is 1.94. The van der Waals surface area contributed by atoms with Crippen molar-refractivity contribution in [3.63, 3.8) is 0 Å². The summed E-state index contributed by atoms with van der Waals surface area (Å²) in [4.78, 5) is 0.123. The van der Waals surface area contributed by atoms with E-state index in [2.05, 4.69) is 5.10 Å². The van der Waals surface area contributed by atoms with Gasteiger partial charge in [0.25, 0.3) is 0 Å². The molecule has 0 saturated heterocycles. The molecule has 1 aliphatic rings. The number of hydrogen-bond acceptors (Lipinski definition) is 4. The maximum Gasteiger partial charge on any atom is 0.238 e. The molecule has 22 heavy (non-hydrogen) atoms. The number of hydrazone groups is 1. The molecule has 5 nitrogen and oxygen atoms in total. The first-order valence-electron chi connectivity index (χ1n) is 6.96. The van der Waals surface area contributed by atoms with Gasteiger partial charge in [0.2, 0.25) is 10.0 Å². The van der Waals surface area contributed by atoms with Gasteiger partial charge in [0, 0.05) is 12.1 Å². The van der Waals surface area contributed by atoms with Crippen molar-refractivity contribution < 1.29 is 8.42 Å². The third-order valence-corrected chi connectivity index (χ3v) is 4.61. The van der Waals surface area contributed by atoms with Crippen LogP contribution in [-0.2, 0) is 10.0 Å². The molecule has 0 radical (unpaired) electrons. The highest BCUT2D eigenvalue weighted by Gasteiger charge is 2.27. The van der Waals surface area contributed by atoms with Gasteiger partial charge in [-0.1, -0.05) is 30.3 Å². The highest BCUT2D eigenvalue weighted by Crippen LogP contribution is 2.35. The van der Waals surface area contributed by atoms with E-state index in [-0.39, 0.29) is 10.9 Å². The molecule has 1 heterocycles. The first-order valence-corrected chi connectivity index (χ1v) is 8.51. The minimum atomic E-state index is -3.66. The van der Waals surface area contributed by atoms with Crippen LogP contribution in [0, 0.1) is 0 Å². The molecule has 0 amide bonds. The molecule has 3 rings (SSSR count). The Bertz CT molecular complexity index is 799. The van der Waals surface area contributed by atoms with Crippen LogP contribution in [0.1, 0.15) is 24.9 Å². The summed E-state index contributed by atoms with van der Waals surface area (Å²) in [6, 6.07) is 16.7. The molecule has 2 aromatic rings. The second-order valence-corrected chi connectivity index (χ2v) is 6.91. The number of nitrogens with zero attached hydrogens (tertiary/aromatic N) is 2. The maximum absolute atomic E-state index is 11.3. The number of rotatable bonds is 3. The predicted octanol–water partition coefficient (Wildman–Crippen LogP) is 2.66. The molecule has 0 spiro atoms. The fourth-order valence-electron chi connectivity index (χ4n) is 2.62. The molecule has 1 atom stereocenters. The standard InChI is InChI=1S/C16H17N3O2S/c1-12-11-16(19(18-12)14-5-3-2-4-6-14)13-7-9-15(10-8-13)22(17,20)21/h2-10,16H,11H2,1H3,(H2,17,20,21). The molecule has 0 fully saturated rings. The molecule has 1 aliphatic heterocycles. The second kappa shape index (κ2) is 5.55. The highest BCUT2D eigenvalue weighted by molar-refractivity contribution is 7.89. The summed E-state index contributed by atoms with van der Waals surface area (Å²) >= 11 is 0. The van der Waals surface area contributed by atoms with Crippen LogP contribution in [-0.4, -0.2) is 14.1 Å². The fourth-order valence-corrected chi connectivity index (χ4v) is 3.13. The Labute approximate surface area is 130 Å². The van der Waals surface area contributed by atoms with Crippen LogP contribution < -0.4 is 10.1 Å². The van der Waals surface area contributed by atoms with Gasteiger partial charge in [0.1, 0.15) is 0 Å². The summed E-state index contributed by atoms with van der Waals surface area (Å²) in [5.74, 6) is 0. The average Bonchev–Trinajstić information content (AvgIpc) is 2.89. The van der Waals surface area contributed by atoms with Crippen LogP contribution in [0.3, 0.4) is 0 Å². The van der Waals surface area contributed by atoms with Crippen molar-refractivity contribution in [2.24, 2.45) is 10.2 Å². The Kier molecular flexibility index (Phi) is 3.72. The zero-order chi connectivity index (χ0) is 15.7. The SMILES string of the molecule is CC1=NN(c2ccccc2)C(c2ccc(S(N)(=O)=O)cc2)C1. The molecule has 114 valence electrons. The summed E-state index contributed by atoms with van der Waals surface area (Å²) in [6.07, 6.45) is 0.809. The number of benzene rings is 2. The highest BCUT2D eigenvalue weighted by atomic mass is 32.2. The van der Waals surface area contributed by atoms with Gasteiger partial charge in [-0.05, 0) is 36.8 Å². The van der Waals surface area contributed by atoms with Gasteiger partial charge in [0.15, 0.2) is 0 Å². The number of hydrogen-bond donors (Lipinski definition) is 1. The van der Waals surface area contributed by atoms with Gasteiger partial charge < -0.3 is 0 Å². The van der Waals surface area contributed by atoms with Gasteiger partial charge in [-0.3, -0.25) is 5.01 Å². The van der Waals surface area contributed by atoms with Crippen molar-refractivity contribution >= 4 is 21.4 Å². The molecule has 2 aromatic carbocycles. The lowest BCUT2D eigenvalue weighted by Crippen LogP contribution is -2.19. The van der Waals surface area contributed by atoms with E-state index < -0.39 is 10.0 Å². The van der Waals surface area contributed by atoms with Crippen molar-refractivity contribution in [2.45, 2.75) is 24.3 Å². The number of nitrogens with two attached hydrogens (primary N) is 1. The minimum absolute atomic E-state index is 0.0666. The lowest BCUT2D eigenvalue weighted by molar-refractivity contribution is 0.597. The van der Waals surface area contributed by atoms with Crippen LogP contribution in [0.25, 0.3) is 0 Å². The summed E-state index contributed by atoms with van der Waals surface area (Å²) < 4.78 is 22.7. The van der Waals surface area contributed by atoms with Crippen LogP contribution >= 0.6 is 0 Å². The molecule has 0 saturated carbocycles. The van der Waals surface area contributed by atoms with Gasteiger partial charge in [-0.25, -0.2) is 13.6 Å². The lowest BCUT2D eigenvalue weighted by atomic mass is 10.0. The Morgan fingerprint density at radius 2 is 1.73 bits per heavy atom. The van der Waals surface area contributed by atoms with E-state index in [9.17, 15) is 8.42 Å². The molecule has 0 aromatic heterocycles. The third-order valence-electron chi connectivity index (χ3n) is 3.68. The predicted molar refractivity (Wildman–Crippen MR) is 87.2 cm³/mol. The van der Waals surface area contributed by atoms with Crippen LogP contribution in [0.15, 0.2) is 64.6 Å². The largest absolute Gasteiger partial charge is 0.258 e. The Morgan fingerprint density at radius 1 is 1.09 bits per heavy atom. The molecule has 0 aliphatic carbocycles. The summed E-state index contributed by atoms with van der Waals surface area (Å²) in [6.45, 7) is 1.99. The fraction of sp³-hybridized carbons (Fsp3) is 0.188. The Morgan fingerprint density at radius 3 is 2.32 bits per heavy atom. The third kappa shape index (κ3) is 2.88. The van der Waals surface area contributed by atoms with E-state index in [1.54, 1.807) is 24.3 Å². The van der Waals surface area contributed by atoms with Crippen LogP contribution in [0.5, 0.6) is 0 Å². The van der Waals surface area contributed by atoms with Crippen molar-refractivity contribution in [1.29, 1.82) is 0 Å². The molecule has 0 bridgehead atoms. The zero-order valence-electron chi connectivity index (χ0n) is 12.2. The monoisotopic (exact) mass is 315 g/mol. The van der Waals surface area contributed by atoms with Gasteiger partial charge >= 0.3 is 0 Å². The number of primary sulfonamides is 1. The van der Waals surface area contributed by atoms with Gasteiger partial charge in [-0.2, -0.15) is 5.10 Å². The van der Waals surface area contributed by atoms with Crippen molar-refractivity contribution in [2.75, 3.05) is 5.01 Å². The summed E-state index contributed by atoms with van der Waals surface area (Å²) in [7, 11) is -3.66. The van der Waals surface area contributed by atoms with Gasteiger partial charge in [0.05, 0.1) is 16.6 Å². The molecular formula is C16H17N3O2S. The zero-order valence-corrected chi connectivity index (χ0v) is 13.0. The minimum Gasteiger partial charge on any atom is -0.258 e. The molecular weight excluding hydrogens is 298 g/mol. The molecule has 6 heteroatoms. The van der Waals surface area contributed by atoms with Gasteiger partial charge in [-0.15, -0.1) is 0 Å². The number of para-hydroxylation sites is 1. The number of sulfonamides is 1. The molecule has 2 N–H and O–H groups in total. The van der Waals surface area contributed by atoms with Crippen LogP contribution in [0.2, 0.25) is 0 Å². The first kappa shape index (κ1) is 14.7. The molecule has 1 unspecified atom stereocenters. The van der Waals surface area contributed by atoms with E-state index in [4.69, 9.17) is 5.14 Å². The van der Waals surface area contributed by atoms with E-state index in [0.717, 1.165) is 23.4 Å². The quantitative estimate of drug-likeness (QED) is 0.946. The van der Waals surface area contributed by atoms with E-state index >= 15 is 0 Å². The second-order valence-electron chi connectivity index (χ2n) is 5.35. The lowest BCUT2D eigenvalue weighted by Gasteiger charge is -2.24. The number of anilines is 1.